The van der Waals surface area contributed by atoms with Crippen LogP contribution in [0.2, 0.25) is 0 Å². The summed E-state index contributed by atoms with van der Waals surface area (Å²) in [6.45, 7) is 1.28. The summed E-state index contributed by atoms with van der Waals surface area (Å²) in [7, 11) is 0. The van der Waals surface area contributed by atoms with Gasteiger partial charge < -0.3 is 9.47 Å². The lowest BCUT2D eigenvalue weighted by atomic mass is 9.98. The first kappa shape index (κ1) is 10.4. The number of fused-ring (bicyclic) bond motifs is 1. The van der Waals surface area contributed by atoms with E-state index in [4.69, 9.17) is 9.47 Å². The van der Waals surface area contributed by atoms with Gasteiger partial charge in [-0.2, -0.15) is 5.10 Å². The van der Waals surface area contributed by atoms with Gasteiger partial charge in [-0.25, -0.2) is 0 Å². The Hall–Kier alpha value is -1.81. The number of benzene rings is 1. The van der Waals surface area contributed by atoms with Crippen molar-refractivity contribution in [2.75, 3.05) is 13.2 Å². The second-order valence-corrected chi connectivity index (χ2v) is 4.05. The Morgan fingerprint density at radius 1 is 1.41 bits per heavy atom. The van der Waals surface area contributed by atoms with Gasteiger partial charge in [-0.05, 0) is 17.5 Å². The normalized spacial score (nSPS) is 18.7. The van der Waals surface area contributed by atoms with Crippen molar-refractivity contribution in [3.05, 3.63) is 47.8 Å². The van der Waals surface area contributed by atoms with Gasteiger partial charge in [-0.1, -0.05) is 24.3 Å². The average molecular weight is 230 g/mol. The molecule has 0 fully saturated rings. The first-order valence-corrected chi connectivity index (χ1v) is 5.74. The molecule has 1 N–H and O–H groups in total. The van der Waals surface area contributed by atoms with E-state index in [0.717, 1.165) is 18.8 Å². The van der Waals surface area contributed by atoms with E-state index in [9.17, 15) is 0 Å². The highest BCUT2D eigenvalue weighted by atomic mass is 16.5. The number of hydrogen-bond donors (Lipinski definition) is 1. The topological polar surface area (TPSA) is 47.1 Å². The molecule has 1 unspecified atom stereocenters. The monoisotopic (exact) mass is 230 g/mol. The van der Waals surface area contributed by atoms with Gasteiger partial charge in [0.2, 0.25) is 0 Å². The number of H-pyrrole nitrogens is 1. The second-order valence-electron chi connectivity index (χ2n) is 4.05. The maximum atomic E-state index is 5.75. The van der Waals surface area contributed by atoms with Crippen LogP contribution in [0, 0.1) is 0 Å². The molecule has 1 aromatic carbocycles. The lowest BCUT2D eigenvalue weighted by Crippen LogP contribution is -2.21. The Labute approximate surface area is 99.6 Å². The molecule has 0 saturated carbocycles. The van der Waals surface area contributed by atoms with Crippen LogP contribution in [0.4, 0.5) is 0 Å². The predicted molar refractivity (Wildman–Crippen MR) is 62.9 cm³/mol. The first-order valence-electron chi connectivity index (χ1n) is 5.74. The zero-order valence-corrected chi connectivity index (χ0v) is 9.43. The highest BCUT2D eigenvalue weighted by molar-refractivity contribution is 5.31. The molecular weight excluding hydrogens is 216 g/mol. The van der Waals surface area contributed by atoms with Crippen molar-refractivity contribution in [2.24, 2.45) is 0 Å². The summed E-state index contributed by atoms with van der Waals surface area (Å²) in [5.74, 6) is 0.747. The Kier molecular flexibility index (Phi) is 2.80. The maximum absolute atomic E-state index is 5.75. The molecule has 1 atom stereocenters. The third kappa shape index (κ3) is 2.17. The molecule has 3 rings (SSSR count). The molecule has 0 radical (unpaired) electrons. The molecule has 88 valence electrons. The number of aromatic amines is 1. The van der Waals surface area contributed by atoms with Crippen LogP contribution in [0.3, 0.4) is 0 Å². The highest BCUT2D eigenvalue weighted by Gasteiger charge is 2.20. The van der Waals surface area contributed by atoms with Crippen molar-refractivity contribution < 1.29 is 9.47 Å². The molecule has 0 amide bonds. The minimum Gasteiger partial charge on any atom is -0.487 e. The van der Waals surface area contributed by atoms with Crippen molar-refractivity contribution in [3.63, 3.8) is 0 Å². The second kappa shape index (κ2) is 4.59. The summed E-state index contributed by atoms with van der Waals surface area (Å²) < 4.78 is 11.4. The van der Waals surface area contributed by atoms with Crippen LogP contribution in [-0.2, 0) is 11.2 Å². The molecule has 4 nitrogen and oxygen atoms in total. The lowest BCUT2D eigenvalue weighted by Gasteiger charge is -2.25. The summed E-state index contributed by atoms with van der Waals surface area (Å²) in [5, 5.41) is 6.56. The zero-order chi connectivity index (χ0) is 11.5. The largest absolute Gasteiger partial charge is 0.487 e. The summed E-state index contributed by atoms with van der Waals surface area (Å²) in [6.07, 6.45) is 4.40. The van der Waals surface area contributed by atoms with Crippen LogP contribution in [0.15, 0.2) is 36.7 Å². The predicted octanol–water partition coefficient (Wildman–Crippen LogP) is 2.10. The van der Waals surface area contributed by atoms with Crippen LogP contribution in [0.1, 0.15) is 17.2 Å². The van der Waals surface area contributed by atoms with Crippen LogP contribution in [-0.4, -0.2) is 23.4 Å². The average Bonchev–Trinajstić information content (AvgIpc) is 2.89. The van der Waals surface area contributed by atoms with E-state index in [1.54, 1.807) is 12.4 Å². The van der Waals surface area contributed by atoms with Gasteiger partial charge in [0, 0.05) is 0 Å². The zero-order valence-electron chi connectivity index (χ0n) is 9.43. The van der Waals surface area contributed by atoms with Gasteiger partial charge in [0.05, 0.1) is 19.0 Å². The fourth-order valence-electron chi connectivity index (χ4n) is 2.10. The minimum absolute atomic E-state index is 0.0230. The van der Waals surface area contributed by atoms with Gasteiger partial charge in [-0.3, -0.25) is 5.10 Å². The molecule has 17 heavy (non-hydrogen) atoms. The summed E-state index contributed by atoms with van der Waals surface area (Å²) in [4.78, 5) is 0. The molecule has 1 aliphatic heterocycles. The van der Waals surface area contributed by atoms with Crippen molar-refractivity contribution in [2.45, 2.75) is 12.5 Å². The summed E-state index contributed by atoms with van der Waals surface area (Å²) in [6, 6.07) is 8.37. The van der Waals surface area contributed by atoms with Crippen LogP contribution in [0.5, 0.6) is 5.75 Å². The van der Waals surface area contributed by atoms with Gasteiger partial charge in [0.25, 0.3) is 0 Å². The van der Waals surface area contributed by atoms with Gasteiger partial charge in [0.15, 0.2) is 5.75 Å². The van der Waals surface area contributed by atoms with E-state index in [2.05, 4.69) is 28.4 Å². The fraction of sp³-hybridized carbons (Fsp3) is 0.308. The van der Waals surface area contributed by atoms with Gasteiger partial charge in [0.1, 0.15) is 12.7 Å². The van der Waals surface area contributed by atoms with E-state index in [-0.39, 0.29) is 6.10 Å². The maximum Gasteiger partial charge on any atom is 0.157 e. The van der Waals surface area contributed by atoms with E-state index < -0.39 is 0 Å². The first-order chi connectivity index (χ1) is 8.43. The number of nitrogens with zero attached hydrogens (tertiary/aromatic N) is 1. The van der Waals surface area contributed by atoms with E-state index in [1.165, 1.54) is 11.1 Å². The number of hydrogen-bond acceptors (Lipinski definition) is 3. The quantitative estimate of drug-likeness (QED) is 0.878. The van der Waals surface area contributed by atoms with Crippen LogP contribution < -0.4 is 4.74 Å². The molecule has 0 aliphatic carbocycles. The van der Waals surface area contributed by atoms with Gasteiger partial charge in [-0.15, -0.1) is 0 Å². The molecule has 0 saturated heterocycles. The molecule has 0 bridgehead atoms. The smallest absolute Gasteiger partial charge is 0.157 e. The van der Waals surface area contributed by atoms with E-state index in [0.29, 0.717) is 6.61 Å². The molecule has 1 aromatic heterocycles. The molecule has 2 aromatic rings. The van der Waals surface area contributed by atoms with Crippen molar-refractivity contribution in [1.82, 2.24) is 10.2 Å². The number of ether oxygens (including phenoxy) is 2. The molecule has 1 aliphatic rings. The molecular formula is C13H14N2O2. The summed E-state index contributed by atoms with van der Waals surface area (Å²) >= 11 is 0. The van der Waals surface area contributed by atoms with Crippen LogP contribution >= 0.6 is 0 Å². The fourth-order valence-corrected chi connectivity index (χ4v) is 2.10. The SMILES string of the molecule is c1ccc2c(c1)CCOC2COc1cn[nH]c1. The third-order valence-electron chi connectivity index (χ3n) is 2.97. The lowest BCUT2D eigenvalue weighted by molar-refractivity contribution is 0.0102. The Balaban J connectivity index is 1.72. The Bertz CT molecular complexity index is 482. The number of nitrogens with one attached hydrogen (secondary N) is 1. The van der Waals surface area contributed by atoms with Gasteiger partial charge >= 0.3 is 0 Å². The molecule has 2 heterocycles. The van der Waals surface area contributed by atoms with Crippen molar-refractivity contribution >= 4 is 0 Å². The Morgan fingerprint density at radius 2 is 2.35 bits per heavy atom. The third-order valence-corrected chi connectivity index (χ3v) is 2.97. The molecule has 0 spiro atoms. The number of aromatic nitrogens is 2. The minimum atomic E-state index is 0.0230. The van der Waals surface area contributed by atoms with E-state index in [1.807, 2.05) is 6.07 Å². The molecule has 4 heteroatoms. The van der Waals surface area contributed by atoms with Crippen LogP contribution in [0.25, 0.3) is 0 Å². The van der Waals surface area contributed by atoms with Crippen molar-refractivity contribution in [1.29, 1.82) is 0 Å². The number of rotatable bonds is 3. The summed E-state index contributed by atoms with van der Waals surface area (Å²) in [5.41, 5.74) is 2.60. The Morgan fingerprint density at radius 3 is 3.24 bits per heavy atom. The van der Waals surface area contributed by atoms with E-state index >= 15 is 0 Å². The standard InChI is InChI=1S/C13H14N2O2/c1-2-4-12-10(3-1)5-6-16-13(12)9-17-11-7-14-15-8-11/h1-4,7-8,13H,5-6,9H2,(H,14,15). The highest BCUT2D eigenvalue weighted by Crippen LogP contribution is 2.27. The van der Waals surface area contributed by atoms with Crippen molar-refractivity contribution in [3.8, 4) is 5.75 Å².